The lowest BCUT2D eigenvalue weighted by atomic mass is 10.1. The highest BCUT2D eigenvalue weighted by Gasteiger charge is 2.03. The first-order valence-electron chi connectivity index (χ1n) is 6.01. The number of hydrogen-bond acceptors (Lipinski definition) is 4. The molecule has 0 aliphatic heterocycles. The van der Waals surface area contributed by atoms with E-state index in [9.17, 15) is 4.79 Å². The van der Waals surface area contributed by atoms with E-state index in [0.29, 0.717) is 18.1 Å². The monoisotopic (exact) mass is 257 g/mol. The highest BCUT2D eigenvalue weighted by atomic mass is 16.4. The maximum absolute atomic E-state index is 10.9. The van der Waals surface area contributed by atoms with E-state index in [4.69, 9.17) is 5.11 Å². The van der Waals surface area contributed by atoms with Crippen molar-refractivity contribution in [2.75, 3.05) is 11.9 Å². The molecular formula is C14H15N3O2. The Morgan fingerprint density at radius 2 is 2.21 bits per heavy atom. The first-order valence-corrected chi connectivity index (χ1v) is 6.01. The summed E-state index contributed by atoms with van der Waals surface area (Å²) in [6.45, 7) is 2.57. The van der Waals surface area contributed by atoms with Gasteiger partial charge in [0.1, 0.15) is 0 Å². The van der Waals surface area contributed by atoms with Gasteiger partial charge in [-0.25, -0.2) is 14.8 Å². The molecule has 1 heterocycles. The molecule has 98 valence electrons. The van der Waals surface area contributed by atoms with Gasteiger partial charge in [0, 0.05) is 18.4 Å². The van der Waals surface area contributed by atoms with Crippen molar-refractivity contribution in [3.8, 4) is 0 Å². The SMILES string of the molecule is Cc1ccnc(NCCc2cccc(C(=O)O)c2)n1. The number of rotatable bonds is 5. The van der Waals surface area contributed by atoms with Crippen molar-refractivity contribution < 1.29 is 9.90 Å². The largest absolute Gasteiger partial charge is 0.478 e. The minimum Gasteiger partial charge on any atom is -0.478 e. The van der Waals surface area contributed by atoms with Crippen molar-refractivity contribution in [2.45, 2.75) is 13.3 Å². The minimum absolute atomic E-state index is 0.310. The van der Waals surface area contributed by atoms with Crippen molar-refractivity contribution >= 4 is 11.9 Å². The van der Waals surface area contributed by atoms with E-state index >= 15 is 0 Å². The molecule has 0 aliphatic rings. The summed E-state index contributed by atoms with van der Waals surface area (Å²) in [4.78, 5) is 19.2. The molecule has 0 spiro atoms. The van der Waals surface area contributed by atoms with Crippen LogP contribution in [0, 0.1) is 6.92 Å². The summed E-state index contributed by atoms with van der Waals surface area (Å²) in [6.07, 6.45) is 2.42. The average Bonchev–Trinajstić information content (AvgIpc) is 2.39. The van der Waals surface area contributed by atoms with Gasteiger partial charge >= 0.3 is 5.97 Å². The third kappa shape index (κ3) is 3.77. The van der Waals surface area contributed by atoms with E-state index in [1.807, 2.05) is 19.1 Å². The second-order valence-corrected chi connectivity index (χ2v) is 4.20. The van der Waals surface area contributed by atoms with Gasteiger partial charge < -0.3 is 10.4 Å². The maximum Gasteiger partial charge on any atom is 0.335 e. The second-order valence-electron chi connectivity index (χ2n) is 4.20. The Morgan fingerprint density at radius 3 is 2.95 bits per heavy atom. The van der Waals surface area contributed by atoms with Crippen LogP contribution in [0.25, 0.3) is 0 Å². The highest BCUT2D eigenvalue weighted by Crippen LogP contribution is 2.07. The van der Waals surface area contributed by atoms with Crippen LogP contribution in [-0.4, -0.2) is 27.6 Å². The Kier molecular flexibility index (Phi) is 4.07. The molecule has 0 fully saturated rings. The van der Waals surface area contributed by atoms with Crippen LogP contribution < -0.4 is 5.32 Å². The molecule has 0 amide bonds. The number of nitrogens with zero attached hydrogens (tertiary/aromatic N) is 2. The van der Waals surface area contributed by atoms with E-state index < -0.39 is 5.97 Å². The Hall–Kier alpha value is -2.43. The van der Waals surface area contributed by atoms with Gasteiger partial charge in [-0.2, -0.15) is 0 Å². The third-order valence-corrected chi connectivity index (χ3v) is 2.67. The van der Waals surface area contributed by atoms with Gasteiger partial charge in [-0.1, -0.05) is 12.1 Å². The number of carbonyl (C=O) groups is 1. The number of anilines is 1. The summed E-state index contributed by atoms with van der Waals surface area (Å²) >= 11 is 0. The highest BCUT2D eigenvalue weighted by molar-refractivity contribution is 5.87. The molecule has 5 heteroatoms. The lowest BCUT2D eigenvalue weighted by Crippen LogP contribution is -2.08. The number of carboxylic acid groups (broad SMARTS) is 1. The first-order chi connectivity index (χ1) is 9.15. The van der Waals surface area contributed by atoms with Crippen LogP contribution in [0.1, 0.15) is 21.6 Å². The topological polar surface area (TPSA) is 75.1 Å². The molecule has 5 nitrogen and oxygen atoms in total. The molecule has 2 N–H and O–H groups in total. The fourth-order valence-corrected chi connectivity index (χ4v) is 1.71. The van der Waals surface area contributed by atoms with Gasteiger partial charge in [0.15, 0.2) is 0 Å². The van der Waals surface area contributed by atoms with E-state index in [2.05, 4.69) is 15.3 Å². The lowest BCUT2D eigenvalue weighted by molar-refractivity contribution is 0.0697. The fraction of sp³-hybridized carbons (Fsp3) is 0.214. The van der Waals surface area contributed by atoms with E-state index in [1.54, 1.807) is 24.4 Å². The Bertz CT molecular complexity index is 584. The molecule has 0 radical (unpaired) electrons. The molecule has 0 bridgehead atoms. The Morgan fingerprint density at radius 1 is 1.37 bits per heavy atom. The third-order valence-electron chi connectivity index (χ3n) is 2.67. The number of aromatic nitrogens is 2. The maximum atomic E-state index is 10.9. The van der Waals surface area contributed by atoms with Gasteiger partial charge in [-0.05, 0) is 37.1 Å². The molecule has 0 saturated carbocycles. The smallest absolute Gasteiger partial charge is 0.335 e. The van der Waals surface area contributed by atoms with Gasteiger partial charge in [-0.3, -0.25) is 0 Å². The standard InChI is InChI=1S/C14H15N3O2/c1-10-5-7-15-14(17-10)16-8-6-11-3-2-4-12(9-11)13(18)19/h2-5,7,9H,6,8H2,1H3,(H,18,19)(H,15,16,17). The van der Waals surface area contributed by atoms with E-state index in [0.717, 1.165) is 17.7 Å². The molecule has 19 heavy (non-hydrogen) atoms. The molecule has 0 aliphatic carbocycles. The molecule has 0 saturated heterocycles. The van der Waals surface area contributed by atoms with Crippen molar-refractivity contribution in [2.24, 2.45) is 0 Å². The van der Waals surface area contributed by atoms with Crippen LogP contribution in [0.4, 0.5) is 5.95 Å². The summed E-state index contributed by atoms with van der Waals surface area (Å²) in [6, 6.07) is 8.76. The predicted molar refractivity (Wildman–Crippen MR) is 72.4 cm³/mol. The summed E-state index contributed by atoms with van der Waals surface area (Å²) in [5.74, 6) is -0.314. The van der Waals surface area contributed by atoms with Crippen molar-refractivity contribution in [1.29, 1.82) is 0 Å². The molecular weight excluding hydrogens is 242 g/mol. The van der Waals surface area contributed by atoms with Crippen LogP contribution >= 0.6 is 0 Å². The van der Waals surface area contributed by atoms with E-state index in [1.165, 1.54) is 0 Å². The van der Waals surface area contributed by atoms with Crippen LogP contribution in [0.2, 0.25) is 0 Å². The number of aryl methyl sites for hydroxylation is 1. The molecule has 0 unspecified atom stereocenters. The summed E-state index contributed by atoms with van der Waals surface area (Å²) in [5.41, 5.74) is 2.19. The normalized spacial score (nSPS) is 10.2. The van der Waals surface area contributed by atoms with Gasteiger partial charge in [0.25, 0.3) is 0 Å². The zero-order valence-corrected chi connectivity index (χ0v) is 10.6. The zero-order valence-electron chi connectivity index (χ0n) is 10.6. The van der Waals surface area contributed by atoms with Crippen LogP contribution in [-0.2, 0) is 6.42 Å². The lowest BCUT2D eigenvalue weighted by Gasteiger charge is -2.05. The number of carboxylic acids is 1. The number of nitrogens with one attached hydrogen (secondary N) is 1. The average molecular weight is 257 g/mol. The zero-order chi connectivity index (χ0) is 13.7. The Labute approximate surface area is 111 Å². The van der Waals surface area contributed by atoms with Gasteiger partial charge in [0.2, 0.25) is 5.95 Å². The van der Waals surface area contributed by atoms with Gasteiger partial charge in [-0.15, -0.1) is 0 Å². The van der Waals surface area contributed by atoms with Crippen molar-refractivity contribution in [3.63, 3.8) is 0 Å². The first kappa shape index (κ1) is 13.0. The van der Waals surface area contributed by atoms with E-state index in [-0.39, 0.29) is 0 Å². The second kappa shape index (κ2) is 5.95. The van der Waals surface area contributed by atoms with Crippen LogP contribution in [0.15, 0.2) is 36.5 Å². The number of aromatic carboxylic acids is 1. The summed E-state index contributed by atoms with van der Waals surface area (Å²) in [7, 11) is 0. The van der Waals surface area contributed by atoms with Crippen LogP contribution in [0.5, 0.6) is 0 Å². The molecule has 2 aromatic rings. The molecule has 0 atom stereocenters. The molecule has 1 aromatic heterocycles. The van der Waals surface area contributed by atoms with Crippen molar-refractivity contribution in [1.82, 2.24) is 9.97 Å². The summed E-state index contributed by atoms with van der Waals surface area (Å²) < 4.78 is 0. The minimum atomic E-state index is -0.906. The quantitative estimate of drug-likeness (QED) is 0.858. The Balaban J connectivity index is 1.92. The summed E-state index contributed by atoms with van der Waals surface area (Å²) in [5, 5.41) is 12.0. The fourth-order valence-electron chi connectivity index (χ4n) is 1.71. The van der Waals surface area contributed by atoms with Gasteiger partial charge in [0.05, 0.1) is 5.56 Å². The molecule has 2 rings (SSSR count). The van der Waals surface area contributed by atoms with Crippen LogP contribution in [0.3, 0.4) is 0 Å². The molecule has 1 aromatic carbocycles. The number of benzene rings is 1. The number of hydrogen-bond donors (Lipinski definition) is 2. The van der Waals surface area contributed by atoms with Crippen molar-refractivity contribution in [3.05, 3.63) is 53.3 Å². The predicted octanol–water partition coefficient (Wildman–Crippen LogP) is 2.14.